The van der Waals surface area contributed by atoms with E-state index in [0.29, 0.717) is 6.08 Å². The van der Waals surface area contributed by atoms with Gasteiger partial charge in [-0.05, 0) is 6.08 Å². The summed E-state index contributed by atoms with van der Waals surface area (Å²) in [6, 6.07) is 0. The molecule has 14 heavy (non-hydrogen) atoms. The monoisotopic (exact) mass is 209 g/mol. The summed E-state index contributed by atoms with van der Waals surface area (Å²) < 4.78 is 50.2. The normalized spacial score (nSPS) is 31.9. The molecule has 0 aromatic carbocycles. The third-order valence-corrected chi connectivity index (χ3v) is 1.95. The number of nitrogens with two attached hydrogens (primary N) is 1. The number of amides is 1. The van der Waals surface area contributed by atoms with Crippen molar-refractivity contribution in [3.63, 3.8) is 0 Å². The first-order valence-electron chi connectivity index (χ1n) is 3.70. The van der Waals surface area contributed by atoms with E-state index in [-0.39, 0.29) is 0 Å². The zero-order valence-corrected chi connectivity index (χ0v) is 6.88. The third-order valence-electron chi connectivity index (χ3n) is 1.95. The van der Waals surface area contributed by atoms with E-state index >= 15 is 0 Å². The molecule has 1 aliphatic rings. The van der Waals surface area contributed by atoms with E-state index in [1.807, 2.05) is 0 Å². The molecule has 0 spiro atoms. The average Bonchev–Trinajstić information content (AvgIpc) is 2.02. The molecule has 2 N–H and O–H groups in total. The van der Waals surface area contributed by atoms with Crippen LogP contribution in [0.4, 0.5) is 17.6 Å². The number of allylic oxidation sites excluding steroid dienone is 3. The highest BCUT2D eigenvalue weighted by atomic mass is 19.4. The van der Waals surface area contributed by atoms with Gasteiger partial charge in [-0.2, -0.15) is 13.2 Å². The first-order chi connectivity index (χ1) is 6.29. The molecule has 2 unspecified atom stereocenters. The van der Waals surface area contributed by atoms with Gasteiger partial charge in [0.25, 0.3) is 0 Å². The molecule has 6 heteroatoms. The predicted octanol–water partition coefficient (Wildman–Crippen LogP) is 1.48. The lowest BCUT2D eigenvalue weighted by molar-refractivity contribution is -0.223. The summed E-state index contributed by atoms with van der Waals surface area (Å²) in [5, 5.41) is 0. The molecule has 1 rings (SSSR count). The second-order valence-corrected chi connectivity index (χ2v) is 2.89. The Balaban J connectivity index is 3.13. The van der Waals surface area contributed by atoms with E-state index in [2.05, 4.69) is 5.73 Å². The molecule has 0 aromatic rings. The largest absolute Gasteiger partial charge is 0.427 e. The van der Waals surface area contributed by atoms with Gasteiger partial charge in [0.15, 0.2) is 0 Å². The highest BCUT2D eigenvalue weighted by Gasteiger charge is 2.60. The van der Waals surface area contributed by atoms with Crippen LogP contribution in [0.5, 0.6) is 0 Å². The lowest BCUT2D eigenvalue weighted by Gasteiger charge is -2.30. The zero-order chi connectivity index (χ0) is 11.0. The fourth-order valence-electron chi connectivity index (χ4n) is 1.19. The van der Waals surface area contributed by atoms with Gasteiger partial charge in [-0.15, -0.1) is 0 Å². The number of carbonyl (C=O) groups excluding carboxylic acids is 1. The maximum atomic E-state index is 13.4. The molecule has 0 saturated heterocycles. The van der Waals surface area contributed by atoms with E-state index in [4.69, 9.17) is 0 Å². The minimum absolute atomic E-state index is 0.294. The van der Waals surface area contributed by atoms with E-state index in [0.717, 1.165) is 18.2 Å². The summed E-state index contributed by atoms with van der Waals surface area (Å²) in [6.07, 6.45) is -2.00. The summed E-state index contributed by atoms with van der Waals surface area (Å²) >= 11 is 0. The average molecular weight is 209 g/mol. The maximum absolute atomic E-state index is 13.4. The van der Waals surface area contributed by atoms with Gasteiger partial charge in [0.1, 0.15) is 5.92 Å². The van der Waals surface area contributed by atoms with Crippen LogP contribution in [-0.2, 0) is 4.79 Å². The number of hydrogen-bond acceptors (Lipinski definition) is 1. The number of rotatable bonds is 1. The number of halogens is 4. The Labute approximate surface area is 77.1 Å². The molecule has 0 saturated carbocycles. The van der Waals surface area contributed by atoms with Crippen molar-refractivity contribution < 1.29 is 22.4 Å². The smallest absolute Gasteiger partial charge is 0.369 e. The number of carbonyl (C=O) groups is 1. The van der Waals surface area contributed by atoms with Crippen LogP contribution in [-0.4, -0.2) is 17.8 Å². The van der Waals surface area contributed by atoms with E-state index < -0.39 is 23.7 Å². The predicted molar refractivity (Wildman–Crippen MR) is 40.9 cm³/mol. The second kappa shape index (κ2) is 3.11. The Hall–Kier alpha value is -1.33. The number of primary amides is 1. The summed E-state index contributed by atoms with van der Waals surface area (Å²) in [5.41, 5.74) is 0.988. The van der Waals surface area contributed by atoms with Crippen molar-refractivity contribution in [3.8, 4) is 0 Å². The third kappa shape index (κ3) is 1.51. The minimum Gasteiger partial charge on any atom is -0.369 e. The van der Waals surface area contributed by atoms with Gasteiger partial charge in [-0.1, -0.05) is 18.2 Å². The van der Waals surface area contributed by atoms with Crippen molar-refractivity contribution in [2.24, 2.45) is 11.7 Å². The first kappa shape index (κ1) is 10.7. The van der Waals surface area contributed by atoms with Crippen molar-refractivity contribution in [1.82, 2.24) is 0 Å². The fourth-order valence-corrected chi connectivity index (χ4v) is 1.19. The molecule has 2 nitrogen and oxygen atoms in total. The van der Waals surface area contributed by atoms with E-state index in [1.165, 1.54) is 0 Å². The molecule has 0 aliphatic heterocycles. The van der Waals surface area contributed by atoms with Crippen molar-refractivity contribution >= 4 is 5.91 Å². The molecule has 2 atom stereocenters. The van der Waals surface area contributed by atoms with Gasteiger partial charge in [-0.25, -0.2) is 4.39 Å². The van der Waals surface area contributed by atoms with Crippen LogP contribution >= 0.6 is 0 Å². The highest BCUT2D eigenvalue weighted by Crippen LogP contribution is 2.43. The Bertz CT molecular complexity index is 307. The SMILES string of the molecule is NC(=O)C1C=CC=CC1(F)C(F)(F)F. The Morgan fingerprint density at radius 3 is 2.29 bits per heavy atom. The van der Waals surface area contributed by atoms with Crippen molar-refractivity contribution in [2.75, 3.05) is 0 Å². The van der Waals surface area contributed by atoms with Crippen molar-refractivity contribution in [2.45, 2.75) is 11.8 Å². The molecular weight excluding hydrogens is 202 g/mol. The van der Waals surface area contributed by atoms with Crippen LogP contribution in [0, 0.1) is 5.92 Å². The standard InChI is InChI=1S/C8H7F4NO/c9-7(8(10,11)12)4-2-1-3-5(7)6(13)14/h1-5H,(H2,13,14). The molecule has 0 fully saturated rings. The van der Waals surface area contributed by atoms with E-state index in [1.54, 1.807) is 0 Å². The Kier molecular flexibility index (Phi) is 2.39. The van der Waals surface area contributed by atoms with Crippen molar-refractivity contribution in [1.29, 1.82) is 0 Å². The molecule has 0 bridgehead atoms. The Morgan fingerprint density at radius 2 is 1.93 bits per heavy atom. The zero-order valence-electron chi connectivity index (χ0n) is 6.88. The lowest BCUT2D eigenvalue weighted by Crippen LogP contribution is -2.50. The molecule has 0 aromatic heterocycles. The molecular formula is C8H7F4NO. The number of hydrogen-bond donors (Lipinski definition) is 1. The topological polar surface area (TPSA) is 43.1 Å². The van der Waals surface area contributed by atoms with Crippen LogP contribution in [0.15, 0.2) is 24.3 Å². The van der Waals surface area contributed by atoms with Crippen LogP contribution < -0.4 is 5.73 Å². The molecule has 1 amide bonds. The Morgan fingerprint density at radius 1 is 1.36 bits per heavy atom. The van der Waals surface area contributed by atoms with Gasteiger partial charge < -0.3 is 5.73 Å². The van der Waals surface area contributed by atoms with E-state index in [9.17, 15) is 22.4 Å². The van der Waals surface area contributed by atoms with Crippen molar-refractivity contribution in [3.05, 3.63) is 24.3 Å². The summed E-state index contributed by atoms with van der Waals surface area (Å²) in [4.78, 5) is 10.6. The summed E-state index contributed by atoms with van der Waals surface area (Å²) in [6.45, 7) is 0. The molecule has 78 valence electrons. The van der Waals surface area contributed by atoms with Gasteiger partial charge in [0.05, 0.1) is 0 Å². The van der Waals surface area contributed by atoms with Gasteiger partial charge in [-0.3, -0.25) is 4.79 Å². The first-order valence-corrected chi connectivity index (χ1v) is 3.70. The summed E-state index contributed by atoms with van der Waals surface area (Å²) in [7, 11) is 0. The maximum Gasteiger partial charge on any atom is 0.427 e. The fraction of sp³-hybridized carbons (Fsp3) is 0.375. The minimum atomic E-state index is -5.14. The molecule has 0 radical (unpaired) electrons. The van der Waals surface area contributed by atoms with Crippen LogP contribution in [0.2, 0.25) is 0 Å². The van der Waals surface area contributed by atoms with Gasteiger partial charge in [0.2, 0.25) is 11.6 Å². The number of alkyl halides is 4. The van der Waals surface area contributed by atoms with Crippen LogP contribution in [0.3, 0.4) is 0 Å². The quantitative estimate of drug-likeness (QED) is 0.653. The second-order valence-electron chi connectivity index (χ2n) is 2.89. The molecule has 0 heterocycles. The lowest BCUT2D eigenvalue weighted by atomic mass is 9.84. The van der Waals surface area contributed by atoms with Crippen LogP contribution in [0.25, 0.3) is 0 Å². The van der Waals surface area contributed by atoms with Crippen LogP contribution in [0.1, 0.15) is 0 Å². The van der Waals surface area contributed by atoms with Gasteiger partial charge >= 0.3 is 6.18 Å². The highest BCUT2D eigenvalue weighted by molar-refractivity contribution is 5.81. The molecule has 1 aliphatic carbocycles. The van der Waals surface area contributed by atoms with Gasteiger partial charge in [0, 0.05) is 0 Å². The summed E-state index contributed by atoms with van der Waals surface area (Å²) in [5.74, 6) is -3.34.